The van der Waals surface area contributed by atoms with E-state index in [2.05, 4.69) is 4.74 Å². The quantitative estimate of drug-likeness (QED) is 0.833. The van der Waals surface area contributed by atoms with Crippen LogP contribution >= 0.6 is 0 Å². The molecule has 1 aromatic carbocycles. The van der Waals surface area contributed by atoms with Gasteiger partial charge in [-0.2, -0.15) is 0 Å². The molecular formula is C13H13F3NO3. The van der Waals surface area contributed by atoms with Crippen LogP contribution in [-0.4, -0.2) is 37.4 Å². The van der Waals surface area contributed by atoms with Gasteiger partial charge in [-0.3, -0.25) is 9.69 Å². The van der Waals surface area contributed by atoms with E-state index in [-0.39, 0.29) is 18.4 Å². The van der Waals surface area contributed by atoms with Crippen molar-refractivity contribution >= 4 is 6.29 Å². The molecule has 0 N–H and O–H groups in total. The fourth-order valence-electron chi connectivity index (χ4n) is 1.95. The van der Waals surface area contributed by atoms with E-state index < -0.39 is 6.36 Å². The highest BCUT2D eigenvalue weighted by Gasteiger charge is 2.31. The Hall–Kier alpha value is -1.76. The van der Waals surface area contributed by atoms with Gasteiger partial charge in [0, 0.05) is 19.0 Å². The first-order chi connectivity index (χ1) is 9.46. The Balaban J connectivity index is 1.81. The third kappa shape index (κ3) is 4.41. The lowest BCUT2D eigenvalue weighted by atomic mass is 10.1. The number of likely N-dealkylation sites (tertiary alicyclic amines) is 1. The highest BCUT2D eigenvalue weighted by atomic mass is 19.4. The molecule has 0 aliphatic carbocycles. The van der Waals surface area contributed by atoms with Gasteiger partial charge in [0.1, 0.15) is 18.2 Å². The van der Waals surface area contributed by atoms with Crippen molar-refractivity contribution in [3.05, 3.63) is 24.3 Å². The van der Waals surface area contributed by atoms with Crippen LogP contribution in [0.5, 0.6) is 11.5 Å². The molecule has 1 saturated heterocycles. The number of hydrogen-bond acceptors (Lipinski definition) is 4. The third-order valence-corrected chi connectivity index (χ3v) is 2.91. The van der Waals surface area contributed by atoms with E-state index in [0.717, 1.165) is 13.0 Å². The van der Waals surface area contributed by atoms with Crippen LogP contribution in [-0.2, 0) is 4.79 Å². The summed E-state index contributed by atoms with van der Waals surface area (Å²) in [6.45, 7) is 1.63. The molecule has 4 nitrogen and oxygen atoms in total. The van der Waals surface area contributed by atoms with Crippen molar-refractivity contribution < 1.29 is 27.4 Å². The van der Waals surface area contributed by atoms with Gasteiger partial charge >= 0.3 is 6.36 Å². The molecule has 20 heavy (non-hydrogen) atoms. The van der Waals surface area contributed by atoms with Crippen molar-refractivity contribution in [1.29, 1.82) is 0 Å². The molecule has 0 aromatic heterocycles. The first-order valence-corrected chi connectivity index (χ1v) is 6.05. The van der Waals surface area contributed by atoms with Gasteiger partial charge in [-0.1, -0.05) is 0 Å². The number of hydrogen-bond donors (Lipinski definition) is 0. The summed E-state index contributed by atoms with van der Waals surface area (Å²) in [7, 11) is 0. The van der Waals surface area contributed by atoms with Crippen LogP contribution in [0.4, 0.5) is 13.2 Å². The van der Waals surface area contributed by atoms with Gasteiger partial charge in [-0.25, -0.2) is 0 Å². The Morgan fingerprint density at radius 1 is 1.25 bits per heavy atom. The highest BCUT2D eigenvalue weighted by Crippen LogP contribution is 2.25. The van der Waals surface area contributed by atoms with Gasteiger partial charge in [0.15, 0.2) is 0 Å². The predicted molar refractivity (Wildman–Crippen MR) is 64.0 cm³/mol. The zero-order valence-electron chi connectivity index (χ0n) is 10.5. The van der Waals surface area contributed by atoms with Crippen LogP contribution in [0.15, 0.2) is 24.3 Å². The summed E-state index contributed by atoms with van der Waals surface area (Å²) in [6, 6.07) is 5.19. The van der Waals surface area contributed by atoms with Crippen molar-refractivity contribution in [2.24, 2.45) is 5.92 Å². The fraction of sp³-hybridized carbons (Fsp3) is 0.462. The smallest absolute Gasteiger partial charge is 0.478 e. The van der Waals surface area contributed by atoms with E-state index in [1.807, 2.05) is 11.2 Å². The summed E-state index contributed by atoms with van der Waals surface area (Å²) in [5, 5.41) is 0. The molecule has 1 aliphatic rings. The molecule has 1 atom stereocenters. The number of benzene rings is 1. The SMILES string of the molecule is O=[C]C1CCN(COc2ccc(OC(F)(F)F)cc2)C1. The minimum Gasteiger partial charge on any atom is -0.478 e. The molecule has 1 aromatic rings. The summed E-state index contributed by atoms with van der Waals surface area (Å²) >= 11 is 0. The van der Waals surface area contributed by atoms with E-state index in [1.165, 1.54) is 24.3 Å². The second-order valence-electron chi connectivity index (χ2n) is 4.47. The van der Waals surface area contributed by atoms with Crippen LogP contribution < -0.4 is 9.47 Å². The van der Waals surface area contributed by atoms with Crippen molar-refractivity contribution in [1.82, 2.24) is 4.90 Å². The van der Waals surface area contributed by atoms with Crippen molar-refractivity contribution in [3.8, 4) is 11.5 Å². The first-order valence-electron chi connectivity index (χ1n) is 6.05. The molecule has 0 bridgehead atoms. The van der Waals surface area contributed by atoms with Gasteiger partial charge in [-0.15, -0.1) is 13.2 Å². The van der Waals surface area contributed by atoms with E-state index >= 15 is 0 Å². The highest BCUT2D eigenvalue weighted by molar-refractivity contribution is 5.55. The average Bonchev–Trinajstić information content (AvgIpc) is 2.84. The largest absolute Gasteiger partial charge is 0.573 e. The van der Waals surface area contributed by atoms with Crippen LogP contribution in [0.3, 0.4) is 0 Å². The summed E-state index contributed by atoms with van der Waals surface area (Å²) in [4.78, 5) is 12.4. The number of nitrogens with zero attached hydrogens (tertiary/aromatic N) is 1. The lowest BCUT2D eigenvalue weighted by molar-refractivity contribution is -0.274. The van der Waals surface area contributed by atoms with Crippen molar-refractivity contribution in [2.45, 2.75) is 12.8 Å². The Labute approximate surface area is 114 Å². The lowest BCUT2D eigenvalue weighted by Crippen LogP contribution is -2.25. The zero-order chi connectivity index (χ0) is 14.6. The van der Waals surface area contributed by atoms with Crippen LogP contribution in [0, 0.1) is 5.92 Å². The minimum atomic E-state index is -4.70. The average molecular weight is 288 g/mol. The van der Waals surface area contributed by atoms with Crippen LogP contribution in [0.1, 0.15) is 6.42 Å². The topological polar surface area (TPSA) is 38.8 Å². The maximum Gasteiger partial charge on any atom is 0.573 e. The second kappa shape index (κ2) is 6.13. The Morgan fingerprint density at radius 2 is 1.90 bits per heavy atom. The van der Waals surface area contributed by atoms with Gasteiger partial charge in [0.05, 0.1) is 0 Å². The van der Waals surface area contributed by atoms with Crippen LogP contribution in [0.2, 0.25) is 0 Å². The number of rotatable bonds is 5. The lowest BCUT2D eigenvalue weighted by Gasteiger charge is -2.16. The molecule has 0 saturated carbocycles. The maximum absolute atomic E-state index is 12.0. The fourth-order valence-corrected chi connectivity index (χ4v) is 1.95. The summed E-state index contributed by atoms with van der Waals surface area (Å²) < 4.78 is 45.1. The number of ether oxygens (including phenoxy) is 2. The molecule has 1 aliphatic heterocycles. The van der Waals surface area contributed by atoms with E-state index in [0.29, 0.717) is 12.3 Å². The summed E-state index contributed by atoms with van der Waals surface area (Å²) in [5.41, 5.74) is 0. The Morgan fingerprint density at radius 3 is 2.45 bits per heavy atom. The molecule has 1 radical (unpaired) electrons. The minimum absolute atomic E-state index is 0.0823. The van der Waals surface area contributed by atoms with Gasteiger partial charge in [-0.05, 0) is 30.7 Å². The maximum atomic E-state index is 12.0. The van der Waals surface area contributed by atoms with Gasteiger partial charge in [0.25, 0.3) is 0 Å². The molecular weight excluding hydrogens is 275 g/mol. The number of halogens is 3. The van der Waals surface area contributed by atoms with Crippen molar-refractivity contribution in [2.75, 3.05) is 19.8 Å². The normalized spacial score (nSPS) is 19.9. The molecule has 0 spiro atoms. The van der Waals surface area contributed by atoms with Crippen LogP contribution in [0.25, 0.3) is 0 Å². The molecule has 2 rings (SSSR count). The molecule has 1 unspecified atom stereocenters. The molecule has 7 heteroatoms. The van der Waals surface area contributed by atoms with E-state index in [1.54, 1.807) is 0 Å². The van der Waals surface area contributed by atoms with E-state index in [9.17, 15) is 18.0 Å². The first kappa shape index (κ1) is 14.6. The standard InChI is InChI=1S/C13H13F3NO3/c14-13(15,16)20-12-3-1-11(2-4-12)19-9-17-6-5-10(7-17)8-18/h1-4,10H,5-7,9H2. The molecule has 109 valence electrons. The van der Waals surface area contributed by atoms with E-state index in [4.69, 9.17) is 4.74 Å². The number of carbonyl (C=O) groups excluding carboxylic acids is 1. The summed E-state index contributed by atoms with van der Waals surface area (Å²) in [6.07, 6.45) is -1.99. The van der Waals surface area contributed by atoms with Gasteiger partial charge < -0.3 is 9.47 Å². The Bertz CT molecular complexity index is 447. The molecule has 1 heterocycles. The number of alkyl halides is 3. The summed E-state index contributed by atoms with van der Waals surface area (Å²) in [5.74, 6) is 0.0702. The van der Waals surface area contributed by atoms with Crippen molar-refractivity contribution in [3.63, 3.8) is 0 Å². The predicted octanol–water partition coefficient (Wildman–Crippen LogP) is 2.35. The molecule has 1 fully saturated rings. The Kier molecular flexibility index (Phi) is 4.49. The third-order valence-electron chi connectivity index (χ3n) is 2.91. The second-order valence-corrected chi connectivity index (χ2v) is 4.47. The monoisotopic (exact) mass is 288 g/mol. The van der Waals surface area contributed by atoms with Gasteiger partial charge in [0.2, 0.25) is 6.29 Å². The zero-order valence-corrected chi connectivity index (χ0v) is 10.5. The molecule has 0 amide bonds.